The third-order valence-corrected chi connectivity index (χ3v) is 5.46. The molecule has 0 unspecified atom stereocenters. The van der Waals surface area contributed by atoms with Crippen LogP contribution in [-0.2, 0) is 9.53 Å². The first-order valence-electron chi connectivity index (χ1n) is 10.3. The van der Waals surface area contributed by atoms with Crippen molar-refractivity contribution in [3.63, 3.8) is 0 Å². The fourth-order valence-electron chi connectivity index (χ4n) is 3.77. The van der Waals surface area contributed by atoms with Gasteiger partial charge in [-0.1, -0.05) is 11.2 Å². The van der Waals surface area contributed by atoms with Crippen molar-refractivity contribution in [2.24, 2.45) is 0 Å². The molecule has 3 heterocycles. The molecule has 0 bridgehead atoms. The zero-order chi connectivity index (χ0) is 23.5. The molecule has 2 aliphatic rings. The van der Waals surface area contributed by atoms with Crippen LogP contribution in [0.15, 0.2) is 35.1 Å². The first kappa shape index (κ1) is 22.7. The summed E-state index contributed by atoms with van der Waals surface area (Å²) in [7, 11) is 0. The number of aliphatic hydroxyl groups is 2. The van der Waals surface area contributed by atoms with Gasteiger partial charge in [-0.3, -0.25) is 9.69 Å². The van der Waals surface area contributed by atoms with Crippen LogP contribution in [0.1, 0.15) is 12.0 Å². The van der Waals surface area contributed by atoms with Gasteiger partial charge in [-0.05, 0) is 24.1 Å². The predicted octanol–water partition coefficient (Wildman–Crippen LogP) is 1.36. The summed E-state index contributed by atoms with van der Waals surface area (Å²) in [5.74, 6) is -1.87. The normalized spacial score (nSPS) is 19.3. The highest BCUT2D eigenvalue weighted by Crippen LogP contribution is 2.32. The molecule has 4 rings (SSSR count). The number of halogens is 2. The number of carbonyl (C=O) groups excluding carboxylic acids is 2. The maximum Gasteiger partial charge on any atom is 0.414 e. The largest absolute Gasteiger partial charge is 0.442 e. The molecule has 0 radical (unpaired) electrons. The highest BCUT2D eigenvalue weighted by Gasteiger charge is 2.34. The predicted molar refractivity (Wildman–Crippen MR) is 111 cm³/mol. The number of rotatable bonds is 7. The Balaban J connectivity index is 1.45. The third-order valence-electron chi connectivity index (χ3n) is 5.46. The van der Waals surface area contributed by atoms with Gasteiger partial charge in [0.15, 0.2) is 11.9 Å². The van der Waals surface area contributed by atoms with Gasteiger partial charge in [-0.2, -0.15) is 0 Å². The lowest BCUT2D eigenvalue weighted by Gasteiger charge is -2.28. The van der Waals surface area contributed by atoms with E-state index in [2.05, 4.69) is 10.5 Å². The minimum atomic E-state index is -1.53. The van der Waals surface area contributed by atoms with Gasteiger partial charge in [0, 0.05) is 24.7 Å². The number of hydrogen-bond donors (Lipinski definition) is 3. The van der Waals surface area contributed by atoms with Crippen molar-refractivity contribution in [1.29, 1.82) is 0 Å². The molecule has 12 heteroatoms. The Morgan fingerprint density at radius 1 is 1.33 bits per heavy atom. The molecule has 1 aromatic heterocycles. The average molecular weight is 464 g/mol. The fourth-order valence-corrected chi connectivity index (χ4v) is 3.77. The molecule has 1 fully saturated rings. The van der Waals surface area contributed by atoms with E-state index in [9.17, 15) is 23.5 Å². The monoisotopic (exact) mass is 464 g/mol. The molecule has 176 valence electrons. The first-order valence-corrected chi connectivity index (χ1v) is 10.3. The van der Waals surface area contributed by atoms with Crippen LogP contribution in [0.5, 0.6) is 0 Å². The lowest BCUT2D eigenvalue weighted by molar-refractivity contribution is -0.141. The molecular weight excluding hydrogens is 442 g/mol. The number of anilines is 2. The van der Waals surface area contributed by atoms with E-state index in [0.717, 1.165) is 17.0 Å². The highest BCUT2D eigenvalue weighted by atomic mass is 19.1. The maximum atomic E-state index is 14.9. The minimum absolute atomic E-state index is 0.0296. The smallest absolute Gasteiger partial charge is 0.414 e. The van der Waals surface area contributed by atoms with Crippen LogP contribution in [0.2, 0.25) is 0 Å². The molecule has 2 aromatic rings. The second-order valence-corrected chi connectivity index (χ2v) is 7.63. The van der Waals surface area contributed by atoms with E-state index in [1.54, 1.807) is 6.07 Å². The highest BCUT2D eigenvalue weighted by molar-refractivity contribution is 5.90. The second kappa shape index (κ2) is 9.55. The average Bonchev–Trinajstić information content (AvgIpc) is 3.46. The molecule has 0 spiro atoms. The van der Waals surface area contributed by atoms with Crippen molar-refractivity contribution < 1.29 is 37.8 Å². The van der Waals surface area contributed by atoms with Crippen LogP contribution < -0.4 is 10.2 Å². The van der Waals surface area contributed by atoms with Crippen LogP contribution >= 0.6 is 0 Å². The van der Waals surface area contributed by atoms with Crippen molar-refractivity contribution >= 4 is 29.1 Å². The fraction of sp³-hybridized carbons (Fsp3) is 0.381. The molecule has 10 nitrogen and oxygen atoms in total. The van der Waals surface area contributed by atoms with Gasteiger partial charge in [0.1, 0.15) is 24.0 Å². The Morgan fingerprint density at radius 2 is 2.09 bits per heavy atom. The number of nitrogens with zero attached hydrogens (tertiary/aromatic N) is 3. The Bertz CT molecular complexity index is 1040. The Hall–Kier alpha value is -3.51. The van der Waals surface area contributed by atoms with Crippen LogP contribution in [0, 0.1) is 11.6 Å². The Kier molecular flexibility index (Phi) is 6.56. The number of cyclic esters (lactones) is 1. The first-order chi connectivity index (χ1) is 15.9. The lowest BCUT2D eigenvalue weighted by atomic mass is 9.97. The number of amides is 2. The Morgan fingerprint density at radius 3 is 2.70 bits per heavy atom. The van der Waals surface area contributed by atoms with E-state index in [1.807, 2.05) is 0 Å². The molecule has 3 N–H and O–H groups in total. The van der Waals surface area contributed by atoms with Crippen molar-refractivity contribution in [1.82, 2.24) is 10.1 Å². The van der Waals surface area contributed by atoms with Gasteiger partial charge in [0.25, 0.3) is 5.91 Å². The zero-order valence-corrected chi connectivity index (χ0v) is 17.4. The van der Waals surface area contributed by atoms with Gasteiger partial charge in [0.2, 0.25) is 0 Å². The van der Waals surface area contributed by atoms with Gasteiger partial charge in [0.05, 0.1) is 25.4 Å². The van der Waals surface area contributed by atoms with E-state index < -0.39 is 42.4 Å². The molecule has 1 saturated heterocycles. The van der Waals surface area contributed by atoms with Crippen LogP contribution in [-0.4, -0.2) is 77.3 Å². The summed E-state index contributed by atoms with van der Waals surface area (Å²) < 4.78 is 39.8. The van der Waals surface area contributed by atoms with Crippen LogP contribution in [0.25, 0.3) is 5.57 Å². The molecule has 33 heavy (non-hydrogen) atoms. The van der Waals surface area contributed by atoms with Gasteiger partial charge >= 0.3 is 6.09 Å². The molecule has 0 saturated carbocycles. The van der Waals surface area contributed by atoms with Crippen LogP contribution in [0.3, 0.4) is 0 Å². The lowest BCUT2D eigenvalue weighted by Crippen LogP contribution is -2.42. The number of ether oxygens (including phenoxy) is 1. The SMILES string of the molecule is O=C([C@@H](O)CO)N1CC=C(c2c(F)cc(N3C[C@H](CNc4ccon4)OC3=O)cc2F)CC1. The van der Waals surface area contributed by atoms with E-state index in [0.29, 0.717) is 11.4 Å². The quantitative estimate of drug-likeness (QED) is 0.561. The second-order valence-electron chi connectivity index (χ2n) is 7.63. The number of benzene rings is 1. The molecule has 0 aliphatic carbocycles. The summed E-state index contributed by atoms with van der Waals surface area (Å²) in [5, 5.41) is 25.0. The van der Waals surface area contributed by atoms with E-state index in [1.165, 1.54) is 17.2 Å². The molecule has 2 atom stereocenters. The molecule has 1 aromatic carbocycles. The van der Waals surface area contributed by atoms with E-state index in [4.69, 9.17) is 14.4 Å². The number of aromatic nitrogens is 1. The minimum Gasteiger partial charge on any atom is -0.442 e. The van der Waals surface area contributed by atoms with Crippen molar-refractivity contribution in [2.45, 2.75) is 18.6 Å². The third kappa shape index (κ3) is 4.81. The molecular formula is C21H22F2N4O6. The molecule has 2 aliphatic heterocycles. The van der Waals surface area contributed by atoms with E-state index in [-0.39, 0.29) is 43.9 Å². The van der Waals surface area contributed by atoms with Gasteiger partial charge in [-0.25, -0.2) is 13.6 Å². The number of aliphatic hydroxyl groups excluding tert-OH is 2. The van der Waals surface area contributed by atoms with Crippen molar-refractivity contribution in [2.75, 3.05) is 43.0 Å². The zero-order valence-electron chi connectivity index (χ0n) is 17.4. The van der Waals surface area contributed by atoms with Gasteiger partial charge in [-0.15, -0.1) is 0 Å². The standard InChI is InChI=1S/C21H22F2N4O6/c22-15-7-13(27-10-14(33-21(27)31)9-24-18-3-6-32-25-18)8-16(23)19(15)12-1-4-26(5-2-12)20(30)17(29)11-28/h1,3,6-8,14,17,28-29H,2,4-5,9-11H2,(H,24,25)/t14-,17-/m0/s1. The summed E-state index contributed by atoms with van der Waals surface area (Å²) in [5.41, 5.74) is 0.171. The summed E-state index contributed by atoms with van der Waals surface area (Å²) in [6.07, 6.45) is 0.252. The van der Waals surface area contributed by atoms with Crippen molar-refractivity contribution in [3.8, 4) is 0 Å². The number of nitrogens with one attached hydrogen (secondary N) is 1. The summed E-state index contributed by atoms with van der Waals surface area (Å²) in [6.45, 7) is -0.183. The van der Waals surface area contributed by atoms with Crippen LogP contribution in [0.4, 0.5) is 25.1 Å². The molecule has 2 amide bonds. The summed E-state index contributed by atoms with van der Waals surface area (Å²) >= 11 is 0. The number of carbonyl (C=O) groups is 2. The number of hydrogen-bond acceptors (Lipinski definition) is 8. The van der Waals surface area contributed by atoms with Crippen molar-refractivity contribution in [3.05, 3.63) is 47.7 Å². The topological polar surface area (TPSA) is 128 Å². The maximum absolute atomic E-state index is 14.9. The summed E-state index contributed by atoms with van der Waals surface area (Å²) in [4.78, 5) is 26.6. The van der Waals surface area contributed by atoms with E-state index >= 15 is 0 Å². The Labute approximate surface area is 187 Å². The summed E-state index contributed by atoms with van der Waals surface area (Å²) in [6, 6.07) is 3.74. The van der Waals surface area contributed by atoms with Gasteiger partial charge < -0.3 is 29.7 Å².